The van der Waals surface area contributed by atoms with E-state index in [0.29, 0.717) is 4.88 Å². The van der Waals surface area contributed by atoms with Gasteiger partial charge in [-0.1, -0.05) is 18.2 Å². The molecule has 0 fully saturated rings. The first kappa shape index (κ1) is 14.5. The van der Waals surface area contributed by atoms with Gasteiger partial charge in [-0.25, -0.2) is 0 Å². The topological polar surface area (TPSA) is 75.6 Å². The van der Waals surface area contributed by atoms with Gasteiger partial charge in [0.25, 0.3) is 5.91 Å². The Kier molecular flexibility index (Phi) is 4.70. The van der Waals surface area contributed by atoms with E-state index in [9.17, 15) is 9.59 Å². The van der Waals surface area contributed by atoms with Crippen molar-refractivity contribution in [1.29, 1.82) is 0 Å². The van der Waals surface area contributed by atoms with Gasteiger partial charge in [0.2, 0.25) is 0 Å². The molecule has 106 valence electrons. The number of benzene rings is 1. The monoisotopic (exact) mass is 293 g/mol. The second kappa shape index (κ2) is 6.49. The normalized spacial score (nSPS) is 12.2. The maximum atomic E-state index is 12.0. The van der Waals surface area contributed by atoms with Crippen molar-refractivity contribution in [2.24, 2.45) is 0 Å². The molecule has 0 saturated heterocycles. The van der Waals surface area contributed by atoms with E-state index in [0.717, 1.165) is 10.1 Å². The lowest BCUT2D eigenvalue weighted by molar-refractivity contribution is -0.139. The van der Waals surface area contributed by atoms with Crippen LogP contribution in [-0.2, 0) is 9.53 Å². The maximum Gasteiger partial charge on any atom is 0.306 e. The number of carboxylic acid groups (broad SMARTS) is 1. The Morgan fingerprint density at radius 2 is 2.15 bits per heavy atom. The number of nitrogens with one attached hydrogen (secondary N) is 1. The molecule has 1 aromatic carbocycles. The fraction of sp³-hybridized carbons (Fsp3) is 0.286. The highest BCUT2D eigenvalue weighted by atomic mass is 32.1. The highest BCUT2D eigenvalue weighted by Gasteiger charge is 2.15. The molecular weight excluding hydrogens is 278 g/mol. The van der Waals surface area contributed by atoms with Gasteiger partial charge in [0.05, 0.1) is 17.4 Å². The van der Waals surface area contributed by atoms with Crippen LogP contribution in [0.25, 0.3) is 10.1 Å². The second-order valence-electron chi connectivity index (χ2n) is 4.31. The molecule has 0 bridgehead atoms. The van der Waals surface area contributed by atoms with Crippen LogP contribution in [0.3, 0.4) is 0 Å². The molecule has 0 radical (unpaired) electrons. The van der Waals surface area contributed by atoms with Crippen molar-refractivity contribution in [2.45, 2.75) is 12.5 Å². The highest BCUT2D eigenvalue weighted by Crippen LogP contribution is 2.24. The van der Waals surface area contributed by atoms with Crippen LogP contribution >= 0.6 is 11.3 Å². The van der Waals surface area contributed by atoms with Crippen molar-refractivity contribution in [3.63, 3.8) is 0 Å². The quantitative estimate of drug-likeness (QED) is 0.855. The number of methoxy groups -OCH3 is 1. The molecule has 2 rings (SSSR count). The first-order valence-electron chi connectivity index (χ1n) is 6.11. The number of aliphatic carboxylic acids is 1. The zero-order valence-electron chi connectivity index (χ0n) is 11.0. The Bertz CT molecular complexity index is 589. The number of thiophene rings is 1. The number of amides is 1. The summed E-state index contributed by atoms with van der Waals surface area (Å²) in [4.78, 5) is 23.2. The lowest BCUT2D eigenvalue weighted by Gasteiger charge is -2.13. The predicted molar refractivity (Wildman–Crippen MR) is 77.2 cm³/mol. The molecule has 0 aliphatic rings. The Morgan fingerprint density at radius 3 is 2.80 bits per heavy atom. The second-order valence-corrected chi connectivity index (χ2v) is 5.40. The maximum absolute atomic E-state index is 12.0. The summed E-state index contributed by atoms with van der Waals surface area (Å²) in [5, 5.41) is 12.4. The van der Waals surface area contributed by atoms with E-state index < -0.39 is 12.1 Å². The fourth-order valence-corrected chi connectivity index (χ4v) is 2.80. The first-order chi connectivity index (χ1) is 9.60. The minimum Gasteiger partial charge on any atom is -0.481 e. The van der Waals surface area contributed by atoms with Crippen LogP contribution in [-0.4, -0.2) is 36.7 Å². The summed E-state index contributed by atoms with van der Waals surface area (Å²) in [6, 6.07) is 9.58. The number of rotatable bonds is 6. The van der Waals surface area contributed by atoms with Crippen molar-refractivity contribution in [1.82, 2.24) is 5.32 Å². The first-order valence-corrected chi connectivity index (χ1v) is 6.93. The zero-order chi connectivity index (χ0) is 14.5. The number of carbonyl (C=O) groups excluding carboxylic acids is 1. The number of ether oxygens (including phenoxy) is 1. The summed E-state index contributed by atoms with van der Waals surface area (Å²) in [6.07, 6.45) is -0.658. The third kappa shape index (κ3) is 3.55. The van der Waals surface area contributed by atoms with Gasteiger partial charge in [0, 0.05) is 18.4 Å². The molecule has 6 heteroatoms. The van der Waals surface area contributed by atoms with E-state index in [2.05, 4.69) is 5.32 Å². The standard InChI is InChI=1S/C14H15NO4S/c1-19-10(7-13(16)17)8-15-14(18)12-6-9-4-2-3-5-11(9)20-12/h2-6,10H,7-8H2,1H3,(H,15,18)(H,16,17). The number of carbonyl (C=O) groups is 2. The summed E-state index contributed by atoms with van der Waals surface area (Å²) in [6.45, 7) is 0.176. The van der Waals surface area contributed by atoms with Crippen LogP contribution in [0, 0.1) is 0 Å². The van der Waals surface area contributed by atoms with E-state index >= 15 is 0 Å². The number of carboxylic acids is 1. The molecule has 1 aromatic heterocycles. The Hall–Kier alpha value is -1.92. The van der Waals surface area contributed by atoms with Crippen LogP contribution in [0.5, 0.6) is 0 Å². The van der Waals surface area contributed by atoms with Gasteiger partial charge in [-0.05, 0) is 17.5 Å². The van der Waals surface area contributed by atoms with E-state index in [4.69, 9.17) is 9.84 Å². The molecular formula is C14H15NO4S. The summed E-state index contributed by atoms with van der Waals surface area (Å²) in [7, 11) is 1.43. The molecule has 5 nitrogen and oxygen atoms in total. The molecule has 2 aromatic rings. The SMILES string of the molecule is COC(CNC(=O)c1cc2ccccc2s1)CC(=O)O. The third-order valence-electron chi connectivity index (χ3n) is 2.88. The smallest absolute Gasteiger partial charge is 0.306 e. The van der Waals surface area contributed by atoms with Crippen molar-refractivity contribution < 1.29 is 19.4 Å². The number of hydrogen-bond donors (Lipinski definition) is 2. The molecule has 0 aliphatic heterocycles. The van der Waals surface area contributed by atoms with Gasteiger partial charge in [0.1, 0.15) is 0 Å². The lowest BCUT2D eigenvalue weighted by Crippen LogP contribution is -2.34. The molecule has 20 heavy (non-hydrogen) atoms. The summed E-state index contributed by atoms with van der Waals surface area (Å²) in [5.74, 6) is -1.16. The average molecular weight is 293 g/mol. The molecule has 0 aliphatic carbocycles. The highest BCUT2D eigenvalue weighted by molar-refractivity contribution is 7.20. The number of fused-ring (bicyclic) bond motifs is 1. The molecule has 1 unspecified atom stereocenters. The van der Waals surface area contributed by atoms with E-state index in [-0.39, 0.29) is 18.9 Å². The van der Waals surface area contributed by atoms with Crippen molar-refractivity contribution in [3.8, 4) is 0 Å². The van der Waals surface area contributed by atoms with E-state index in [1.807, 2.05) is 30.3 Å². The van der Waals surface area contributed by atoms with E-state index in [1.165, 1.54) is 18.4 Å². The van der Waals surface area contributed by atoms with Crippen molar-refractivity contribution in [2.75, 3.05) is 13.7 Å². The largest absolute Gasteiger partial charge is 0.481 e. The van der Waals surface area contributed by atoms with Gasteiger partial charge in [0.15, 0.2) is 0 Å². The minimum atomic E-state index is -0.951. The summed E-state index contributed by atoms with van der Waals surface area (Å²) < 4.78 is 6.06. The molecule has 0 saturated carbocycles. The van der Waals surface area contributed by atoms with Crippen molar-refractivity contribution in [3.05, 3.63) is 35.2 Å². The number of hydrogen-bond acceptors (Lipinski definition) is 4. The van der Waals surface area contributed by atoms with Crippen LogP contribution in [0.2, 0.25) is 0 Å². The summed E-state index contributed by atoms with van der Waals surface area (Å²) in [5.41, 5.74) is 0. The summed E-state index contributed by atoms with van der Waals surface area (Å²) >= 11 is 1.41. The Labute approximate surface area is 120 Å². The van der Waals surface area contributed by atoms with Gasteiger partial charge in [-0.3, -0.25) is 9.59 Å². The van der Waals surface area contributed by atoms with Crippen LogP contribution in [0.1, 0.15) is 16.1 Å². The predicted octanol–water partition coefficient (Wildman–Crippen LogP) is 2.12. The van der Waals surface area contributed by atoms with Crippen LogP contribution in [0.4, 0.5) is 0 Å². The van der Waals surface area contributed by atoms with Crippen molar-refractivity contribution >= 4 is 33.3 Å². The Balaban J connectivity index is 1.99. The molecule has 1 heterocycles. The minimum absolute atomic E-state index is 0.136. The molecule has 2 N–H and O–H groups in total. The fourth-order valence-electron chi connectivity index (χ4n) is 1.82. The van der Waals surface area contributed by atoms with Gasteiger partial charge in [-0.2, -0.15) is 0 Å². The third-order valence-corrected chi connectivity index (χ3v) is 3.99. The molecule has 0 spiro atoms. The zero-order valence-corrected chi connectivity index (χ0v) is 11.8. The van der Waals surface area contributed by atoms with Crippen LogP contribution in [0.15, 0.2) is 30.3 Å². The van der Waals surface area contributed by atoms with E-state index in [1.54, 1.807) is 0 Å². The van der Waals surface area contributed by atoms with Crippen LogP contribution < -0.4 is 5.32 Å². The van der Waals surface area contributed by atoms with Gasteiger partial charge in [-0.15, -0.1) is 11.3 Å². The molecule has 1 amide bonds. The Morgan fingerprint density at radius 1 is 1.40 bits per heavy atom. The van der Waals surface area contributed by atoms with Gasteiger partial charge >= 0.3 is 5.97 Å². The lowest BCUT2D eigenvalue weighted by atomic mass is 10.2. The van der Waals surface area contributed by atoms with Gasteiger partial charge < -0.3 is 15.2 Å². The molecule has 1 atom stereocenters. The average Bonchev–Trinajstić information content (AvgIpc) is 2.86.